The van der Waals surface area contributed by atoms with Crippen LogP contribution in [-0.2, 0) is 4.79 Å². The number of nitriles is 1. The van der Waals surface area contributed by atoms with Crippen molar-refractivity contribution < 1.29 is 9.18 Å². The molecular weight excluding hydrogens is 249 g/mol. The number of azide groups is 1. The molecule has 2 rings (SSSR count). The van der Waals surface area contributed by atoms with Gasteiger partial charge in [-0.3, -0.25) is 4.79 Å². The zero-order valence-electron chi connectivity index (χ0n) is 9.95. The van der Waals surface area contributed by atoms with Gasteiger partial charge < -0.3 is 4.90 Å². The van der Waals surface area contributed by atoms with Crippen molar-refractivity contribution in [1.82, 2.24) is 0 Å². The number of hydrogen-bond acceptors (Lipinski definition) is 3. The van der Waals surface area contributed by atoms with E-state index < -0.39 is 5.82 Å². The second-order valence-corrected chi connectivity index (χ2v) is 4.26. The van der Waals surface area contributed by atoms with Gasteiger partial charge in [0, 0.05) is 24.4 Å². The average Bonchev–Trinajstić information content (AvgIpc) is 2.77. The van der Waals surface area contributed by atoms with E-state index in [-0.39, 0.29) is 36.0 Å². The van der Waals surface area contributed by atoms with Crippen LogP contribution < -0.4 is 4.90 Å². The first-order valence-electron chi connectivity index (χ1n) is 5.66. The first-order valence-corrected chi connectivity index (χ1v) is 5.66. The maximum absolute atomic E-state index is 13.2. The molecule has 0 N–H and O–H groups in total. The number of nitrogens with zero attached hydrogens (tertiary/aromatic N) is 5. The molecule has 0 aliphatic carbocycles. The predicted molar refractivity (Wildman–Crippen MR) is 65.6 cm³/mol. The fourth-order valence-corrected chi connectivity index (χ4v) is 2.11. The van der Waals surface area contributed by atoms with Crippen LogP contribution in [0.1, 0.15) is 12.0 Å². The molecule has 6 nitrogen and oxygen atoms in total. The molecule has 0 saturated carbocycles. The SMILES string of the molecule is N#Cc1ccc(F)cc1N1CC(CN=[N+]=[N-])CC1=O. The number of amides is 1. The van der Waals surface area contributed by atoms with Crippen LogP contribution in [0.2, 0.25) is 0 Å². The summed E-state index contributed by atoms with van der Waals surface area (Å²) in [5.41, 5.74) is 8.78. The van der Waals surface area contributed by atoms with Gasteiger partial charge in [-0.25, -0.2) is 4.39 Å². The Labute approximate surface area is 108 Å². The third-order valence-electron chi connectivity index (χ3n) is 2.98. The molecule has 1 aliphatic heterocycles. The predicted octanol–water partition coefficient (Wildman–Crippen LogP) is 2.36. The summed E-state index contributed by atoms with van der Waals surface area (Å²) in [4.78, 5) is 15.9. The third kappa shape index (κ3) is 2.64. The van der Waals surface area contributed by atoms with Crippen molar-refractivity contribution in [2.75, 3.05) is 18.0 Å². The zero-order chi connectivity index (χ0) is 13.8. The lowest BCUT2D eigenvalue weighted by atomic mass is 10.1. The molecule has 7 heteroatoms. The van der Waals surface area contributed by atoms with Crippen molar-refractivity contribution in [1.29, 1.82) is 5.26 Å². The van der Waals surface area contributed by atoms with Crippen LogP contribution in [0.4, 0.5) is 10.1 Å². The molecule has 1 atom stereocenters. The Kier molecular flexibility index (Phi) is 3.64. The minimum atomic E-state index is -0.500. The summed E-state index contributed by atoms with van der Waals surface area (Å²) in [6.07, 6.45) is 0.237. The maximum Gasteiger partial charge on any atom is 0.227 e. The maximum atomic E-state index is 13.2. The van der Waals surface area contributed by atoms with Crippen molar-refractivity contribution in [3.8, 4) is 6.07 Å². The molecule has 1 heterocycles. The monoisotopic (exact) mass is 259 g/mol. The van der Waals surface area contributed by atoms with Crippen LogP contribution in [-0.4, -0.2) is 19.0 Å². The molecule has 1 unspecified atom stereocenters. The van der Waals surface area contributed by atoms with Crippen molar-refractivity contribution in [3.05, 3.63) is 40.0 Å². The average molecular weight is 259 g/mol. The van der Waals surface area contributed by atoms with Crippen molar-refractivity contribution in [2.45, 2.75) is 6.42 Å². The highest BCUT2D eigenvalue weighted by Crippen LogP contribution is 2.28. The molecule has 0 spiro atoms. The van der Waals surface area contributed by atoms with Crippen molar-refractivity contribution in [3.63, 3.8) is 0 Å². The minimum Gasteiger partial charge on any atom is -0.311 e. The van der Waals surface area contributed by atoms with Crippen LogP contribution in [0, 0.1) is 23.1 Å². The van der Waals surface area contributed by atoms with Gasteiger partial charge in [-0.15, -0.1) is 0 Å². The Bertz CT molecular complexity index is 603. The van der Waals surface area contributed by atoms with Gasteiger partial charge in [-0.1, -0.05) is 5.11 Å². The van der Waals surface area contributed by atoms with E-state index in [2.05, 4.69) is 10.0 Å². The Morgan fingerprint density at radius 2 is 2.42 bits per heavy atom. The number of benzene rings is 1. The molecule has 1 aromatic rings. The standard InChI is InChI=1S/C12H10FN5O/c13-10-2-1-9(5-14)11(4-10)18-7-8(3-12(18)19)6-16-17-15/h1-2,4,8H,3,6-7H2. The number of halogens is 1. The van der Waals surface area contributed by atoms with E-state index in [1.54, 1.807) is 0 Å². The normalized spacial score (nSPS) is 18.0. The first kappa shape index (κ1) is 12.9. The summed E-state index contributed by atoms with van der Waals surface area (Å²) in [5, 5.41) is 12.4. The highest BCUT2D eigenvalue weighted by atomic mass is 19.1. The Balaban J connectivity index is 2.28. The van der Waals surface area contributed by atoms with E-state index in [9.17, 15) is 9.18 Å². The van der Waals surface area contributed by atoms with Gasteiger partial charge in [0.15, 0.2) is 0 Å². The van der Waals surface area contributed by atoms with Gasteiger partial charge in [-0.05, 0) is 29.6 Å². The molecule has 1 amide bonds. The van der Waals surface area contributed by atoms with Gasteiger partial charge in [0.2, 0.25) is 5.91 Å². The lowest BCUT2D eigenvalue weighted by Gasteiger charge is -2.17. The van der Waals surface area contributed by atoms with Crippen LogP contribution in [0.5, 0.6) is 0 Å². The number of anilines is 1. The van der Waals surface area contributed by atoms with E-state index in [0.29, 0.717) is 6.54 Å². The molecule has 0 aromatic heterocycles. The number of carbonyl (C=O) groups excluding carboxylic acids is 1. The fraction of sp³-hybridized carbons (Fsp3) is 0.333. The second kappa shape index (κ2) is 5.38. The van der Waals surface area contributed by atoms with Crippen LogP contribution in [0.25, 0.3) is 10.4 Å². The minimum absolute atomic E-state index is 0.0989. The van der Waals surface area contributed by atoms with Gasteiger partial charge in [0.1, 0.15) is 11.9 Å². The van der Waals surface area contributed by atoms with Gasteiger partial charge >= 0.3 is 0 Å². The summed E-state index contributed by atoms with van der Waals surface area (Å²) < 4.78 is 13.2. The summed E-state index contributed by atoms with van der Waals surface area (Å²) >= 11 is 0. The van der Waals surface area contributed by atoms with Crippen LogP contribution >= 0.6 is 0 Å². The number of rotatable bonds is 3. The highest BCUT2D eigenvalue weighted by molar-refractivity contribution is 5.97. The lowest BCUT2D eigenvalue weighted by Crippen LogP contribution is -2.25. The fourth-order valence-electron chi connectivity index (χ4n) is 2.11. The molecule has 19 heavy (non-hydrogen) atoms. The van der Waals surface area contributed by atoms with Crippen LogP contribution in [0.3, 0.4) is 0 Å². The van der Waals surface area contributed by atoms with E-state index in [1.807, 2.05) is 6.07 Å². The van der Waals surface area contributed by atoms with Gasteiger partial charge in [0.05, 0.1) is 11.3 Å². The number of carbonyl (C=O) groups is 1. The molecule has 0 bridgehead atoms. The first-order chi connectivity index (χ1) is 9.15. The third-order valence-corrected chi connectivity index (χ3v) is 2.98. The summed E-state index contributed by atoms with van der Waals surface area (Å²) in [6, 6.07) is 5.64. The Morgan fingerprint density at radius 3 is 3.11 bits per heavy atom. The van der Waals surface area contributed by atoms with E-state index in [0.717, 1.165) is 0 Å². The lowest BCUT2D eigenvalue weighted by molar-refractivity contribution is -0.117. The largest absolute Gasteiger partial charge is 0.311 e. The van der Waals surface area contributed by atoms with E-state index in [4.69, 9.17) is 10.8 Å². The molecule has 1 saturated heterocycles. The summed E-state index contributed by atoms with van der Waals surface area (Å²) in [5.74, 6) is -0.793. The van der Waals surface area contributed by atoms with Crippen LogP contribution in [0.15, 0.2) is 23.3 Å². The molecule has 0 radical (unpaired) electrons. The van der Waals surface area contributed by atoms with Crippen molar-refractivity contribution in [2.24, 2.45) is 11.0 Å². The van der Waals surface area contributed by atoms with Gasteiger partial charge in [0.25, 0.3) is 0 Å². The second-order valence-electron chi connectivity index (χ2n) is 4.26. The highest BCUT2D eigenvalue weighted by Gasteiger charge is 2.31. The molecular formula is C12H10FN5O. The number of hydrogen-bond donors (Lipinski definition) is 0. The Morgan fingerprint density at radius 1 is 1.63 bits per heavy atom. The topological polar surface area (TPSA) is 92.9 Å². The van der Waals surface area contributed by atoms with E-state index in [1.165, 1.54) is 23.1 Å². The molecule has 1 fully saturated rings. The molecule has 1 aliphatic rings. The zero-order valence-corrected chi connectivity index (χ0v) is 9.95. The summed E-state index contributed by atoms with van der Waals surface area (Å²) in [6.45, 7) is 0.548. The smallest absolute Gasteiger partial charge is 0.227 e. The van der Waals surface area contributed by atoms with Crippen molar-refractivity contribution >= 4 is 11.6 Å². The quantitative estimate of drug-likeness (QED) is 0.473. The Hall–Kier alpha value is -2.58. The van der Waals surface area contributed by atoms with Gasteiger partial charge in [-0.2, -0.15) is 5.26 Å². The van der Waals surface area contributed by atoms with E-state index >= 15 is 0 Å². The molecule has 1 aromatic carbocycles. The summed E-state index contributed by atoms with van der Waals surface area (Å²) in [7, 11) is 0. The molecule has 96 valence electrons.